The van der Waals surface area contributed by atoms with Gasteiger partial charge in [-0.2, -0.15) is 0 Å². The summed E-state index contributed by atoms with van der Waals surface area (Å²) < 4.78 is 0. The van der Waals surface area contributed by atoms with E-state index >= 15 is 0 Å². The van der Waals surface area contributed by atoms with Crippen molar-refractivity contribution < 1.29 is 4.79 Å². The zero-order valence-electron chi connectivity index (χ0n) is 13.6. The zero-order chi connectivity index (χ0) is 15.4. The molecule has 1 aromatic heterocycles. The van der Waals surface area contributed by atoms with Crippen molar-refractivity contribution in [1.29, 1.82) is 0 Å². The summed E-state index contributed by atoms with van der Waals surface area (Å²) in [5.74, 6) is 0.920. The summed E-state index contributed by atoms with van der Waals surface area (Å²) in [6.45, 7) is 4.82. The van der Waals surface area contributed by atoms with Crippen LogP contribution in [-0.4, -0.2) is 29.9 Å². The van der Waals surface area contributed by atoms with Crippen molar-refractivity contribution in [2.24, 2.45) is 0 Å². The third-order valence-corrected chi connectivity index (χ3v) is 6.21. The molecule has 0 radical (unpaired) electrons. The van der Waals surface area contributed by atoms with Crippen molar-refractivity contribution in [3.63, 3.8) is 0 Å². The average molecular weight is 321 g/mol. The fourth-order valence-electron chi connectivity index (χ4n) is 3.91. The van der Waals surface area contributed by atoms with Gasteiger partial charge in [-0.3, -0.25) is 9.69 Å². The molecule has 2 fully saturated rings. The van der Waals surface area contributed by atoms with Gasteiger partial charge in [0.2, 0.25) is 5.91 Å². The van der Waals surface area contributed by atoms with Crippen LogP contribution in [0.2, 0.25) is 0 Å². The molecule has 0 unspecified atom stereocenters. The van der Waals surface area contributed by atoms with E-state index in [-0.39, 0.29) is 5.91 Å². The van der Waals surface area contributed by atoms with E-state index in [4.69, 9.17) is 0 Å². The maximum absolute atomic E-state index is 11.2. The Balaban J connectivity index is 1.54. The Labute approximate surface area is 138 Å². The summed E-state index contributed by atoms with van der Waals surface area (Å²) in [7, 11) is 0. The van der Waals surface area contributed by atoms with E-state index in [2.05, 4.69) is 22.3 Å². The summed E-state index contributed by atoms with van der Waals surface area (Å²) in [5, 5.41) is 3.08. The molecule has 3 rings (SSSR count). The molecule has 122 valence electrons. The lowest BCUT2D eigenvalue weighted by Gasteiger charge is -2.32. The molecule has 1 atom stereocenters. The van der Waals surface area contributed by atoms with Crippen molar-refractivity contribution in [3.8, 4) is 0 Å². The number of rotatable bonds is 4. The van der Waals surface area contributed by atoms with Crippen LogP contribution in [0, 0.1) is 0 Å². The van der Waals surface area contributed by atoms with Gasteiger partial charge in [-0.15, -0.1) is 11.3 Å². The minimum Gasteiger partial charge on any atom is -0.352 e. The van der Waals surface area contributed by atoms with Gasteiger partial charge >= 0.3 is 0 Å². The largest absolute Gasteiger partial charge is 0.352 e. The molecule has 1 saturated heterocycles. The Bertz CT molecular complexity index is 493. The number of carbonyl (C=O) groups excluding carboxylic acids is 1. The Hall–Kier alpha value is -0.870. The van der Waals surface area contributed by atoms with Crippen LogP contribution in [0.25, 0.3) is 0 Å². The Morgan fingerprint density at radius 1 is 1.23 bits per heavy atom. The van der Waals surface area contributed by atoms with Crippen LogP contribution in [0.5, 0.6) is 0 Å². The highest BCUT2D eigenvalue weighted by molar-refractivity contribution is 7.12. The SMILES string of the molecule is CC(=O)N[C@@H]1CCCN(Cc2ccc(C3CCCCC3)s2)C1. The van der Waals surface area contributed by atoms with Crippen molar-refractivity contribution in [2.75, 3.05) is 13.1 Å². The normalized spacial score (nSPS) is 24.3. The Kier molecular flexibility index (Phi) is 5.53. The number of thiophene rings is 1. The molecular weight excluding hydrogens is 292 g/mol. The number of amides is 1. The first-order chi connectivity index (χ1) is 10.7. The van der Waals surface area contributed by atoms with Gasteiger partial charge in [0.25, 0.3) is 0 Å². The van der Waals surface area contributed by atoms with Crippen molar-refractivity contribution in [1.82, 2.24) is 10.2 Å². The fourth-order valence-corrected chi connectivity index (χ4v) is 5.14. The smallest absolute Gasteiger partial charge is 0.217 e. The highest BCUT2D eigenvalue weighted by atomic mass is 32.1. The van der Waals surface area contributed by atoms with E-state index in [0.29, 0.717) is 6.04 Å². The van der Waals surface area contributed by atoms with Gasteiger partial charge in [0.1, 0.15) is 0 Å². The molecule has 2 heterocycles. The first-order valence-corrected chi connectivity index (χ1v) is 9.60. The van der Waals surface area contributed by atoms with Crippen molar-refractivity contribution >= 4 is 17.2 Å². The molecule has 1 aliphatic carbocycles. The molecule has 22 heavy (non-hydrogen) atoms. The molecule has 1 aromatic rings. The molecule has 1 aliphatic heterocycles. The number of carbonyl (C=O) groups is 1. The second kappa shape index (κ2) is 7.60. The van der Waals surface area contributed by atoms with Gasteiger partial charge in [0.05, 0.1) is 0 Å². The highest BCUT2D eigenvalue weighted by Gasteiger charge is 2.22. The topological polar surface area (TPSA) is 32.3 Å². The zero-order valence-corrected chi connectivity index (χ0v) is 14.5. The van der Waals surface area contributed by atoms with Crippen LogP contribution in [0.4, 0.5) is 0 Å². The van der Waals surface area contributed by atoms with Gasteiger partial charge in [0.15, 0.2) is 0 Å². The van der Waals surface area contributed by atoms with Crippen LogP contribution in [0.1, 0.15) is 67.5 Å². The monoisotopic (exact) mass is 320 g/mol. The van der Waals surface area contributed by atoms with Crippen LogP contribution >= 0.6 is 11.3 Å². The van der Waals surface area contributed by atoms with Crippen molar-refractivity contribution in [2.45, 2.75) is 70.4 Å². The number of hydrogen-bond acceptors (Lipinski definition) is 3. The molecule has 0 spiro atoms. The first kappa shape index (κ1) is 16.0. The van der Waals surface area contributed by atoms with E-state index in [0.717, 1.165) is 32.0 Å². The van der Waals surface area contributed by atoms with Gasteiger partial charge in [-0.25, -0.2) is 0 Å². The third-order valence-electron chi connectivity index (χ3n) is 4.98. The standard InChI is InChI=1S/C18H28N2OS/c1-14(21)19-16-8-5-11-20(12-16)13-17-9-10-18(22-17)15-6-3-2-4-7-15/h9-10,15-16H,2-8,11-13H2,1H3,(H,19,21)/t16-/m1/s1. The number of likely N-dealkylation sites (tertiary alicyclic amines) is 1. The lowest BCUT2D eigenvalue weighted by atomic mass is 9.88. The molecule has 2 aliphatic rings. The van der Waals surface area contributed by atoms with Gasteiger partial charge in [-0.1, -0.05) is 19.3 Å². The fraction of sp³-hybridized carbons (Fsp3) is 0.722. The predicted molar refractivity (Wildman–Crippen MR) is 92.3 cm³/mol. The number of nitrogens with zero attached hydrogens (tertiary/aromatic N) is 1. The lowest BCUT2D eigenvalue weighted by molar-refractivity contribution is -0.120. The van der Waals surface area contributed by atoms with E-state index < -0.39 is 0 Å². The van der Waals surface area contributed by atoms with E-state index in [9.17, 15) is 4.79 Å². The van der Waals surface area contributed by atoms with Crippen LogP contribution in [0.3, 0.4) is 0 Å². The predicted octanol–water partition coefficient (Wildman–Crippen LogP) is 3.90. The van der Waals surface area contributed by atoms with E-state index in [1.54, 1.807) is 11.8 Å². The summed E-state index contributed by atoms with van der Waals surface area (Å²) in [5.41, 5.74) is 0. The first-order valence-electron chi connectivity index (χ1n) is 8.79. The van der Waals surface area contributed by atoms with E-state index in [1.807, 2.05) is 11.3 Å². The molecule has 4 heteroatoms. The highest BCUT2D eigenvalue weighted by Crippen LogP contribution is 2.36. The summed E-state index contributed by atoms with van der Waals surface area (Å²) in [6, 6.07) is 5.03. The molecule has 3 nitrogen and oxygen atoms in total. The van der Waals surface area contributed by atoms with Gasteiger partial charge in [0, 0.05) is 35.8 Å². The Morgan fingerprint density at radius 2 is 2.05 bits per heavy atom. The van der Waals surface area contributed by atoms with Gasteiger partial charge < -0.3 is 5.32 Å². The lowest BCUT2D eigenvalue weighted by Crippen LogP contribution is -2.46. The minimum absolute atomic E-state index is 0.0996. The Morgan fingerprint density at radius 3 is 2.82 bits per heavy atom. The molecule has 1 N–H and O–H groups in total. The van der Waals surface area contributed by atoms with Crippen LogP contribution < -0.4 is 5.32 Å². The second-order valence-electron chi connectivity index (χ2n) is 6.91. The number of nitrogens with one attached hydrogen (secondary N) is 1. The maximum atomic E-state index is 11.2. The third kappa shape index (κ3) is 4.32. The number of hydrogen-bond donors (Lipinski definition) is 1. The summed E-state index contributed by atoms with van der Waals surface area (Å²) in [4.78, 5) is 16.8. The maximum Gasteiger partial charge on any atom is 0.217 e. The summed E-state index contributed by atoms with van der Waals surface area (Å²) in [6.07, 6.45) is 9.31. The molecule has 0 aromatic carbocycles. The molecular formula is C18H28N2OS. The van der Waals surface area contributed by atoms with E-state index in [1.165, 1.54) is 43.4 Å². The molecule has 1 amide bonds. The van der Waals surface area contributed by atoms with Crippen LogP contribution in [0.15, 0.2) is 12.1 Å². The molecule has 0 bridgehead atoms. The summed E-state index contributed by atoms with van der Waals surface area (Å²) >= 11 is 2.02. The quantitative estimate of drug-likeness (QED) is 0.912. The van der Waals surface area contributed by atoms with Crippen LogP contribution in [-0.2, 0) is 11.3 Å². The molecule has 1 saturated carbocycles. The van der Waals surface area contributed by atoms with Crippen molar-refractivity contribution in [3.05, 3.63) is 21.9 Å². The number of piperidine rings is 1. The van der Waals surface area contributed by atoms with Gasteiger partial charge in [-0.05, 0) is 50.3 Å². The second-order valence-corrected chi connectivity index (χ2v) is 8.11. The minimum atomic E-state index is 0.0996. The average Bonchev–Trinajstić information content (AvgIpc) is 2.96.